The van der Waals surface area contributed by atoms with E-state index in [1.807, 2.05) is 0 Å². The highest BCUT2D eigenvalue weighted by Crippen LogP contribution is 2.30. The number of phenolic OH excluding ortho intramolecular Hbond substituents is 1. The van der Waals surface area contributed by atoms with Crippen molar-refractivity contribution >= 4 is 28.9 Å². The second-order valence-electron chi connectivity index (χ2n) is 5.78. The number of methoxy groups -OCH3 is 1. The van der Waals surface area contributed by atoms with Gasteiger partial charge in [-0.3, -0.25) is 14.9 Å². The van der Waals surface area contributed by atoms with Gasteiger partial charge in [0.25, 0.3) is 5.69 Å². The lowest BCUT2D eigenvalue weighted by Gasteiger charge is -2.15. The Labute approximate surface area is 160 Å². The van der Waals surface area contributed by atoms with Gasteiger partial charge in [0.15, 0.2) is 0 Å². The molecule has 1 atom stereocenters. The van der Waals surface area contributed by atoms with E-state index in [4.69, 9.17) is 0 Å². The van der Waals surface area contributed by atoms with Crippen molar-refractivity contribution in [3.63, 3.8) is 0 Å². The maximum Gasteiger partial charge on any atom is 0.328 e. The monoisotopic (exact) mass is 386 g/mol. The second-order valence-corrected chi connectivity index (χ2v) is 5.78. The summed E-state index contributed by atoms with van der Waals surface area (Å²) >= 11 is 0. The molecule has 0 unspecified atom stereocenters. The molecule has 0 saturated heterocycles. The summed E-state index contributed by atoms with van der Waals surface area (Å²) in [6.07, 6.45) is 0.132. The Morgan fingerprint density at radius 1 is 1.21 bits per heavy atom. The number of hydrogen-bond acceptors (Lipinski definition) is 8. The molecule has 0 aliphatic heterocycles. The van der Waals surface area contributed by atoms with Gasteiger partial charge >= 0.3 is 5.97 Å². The molecular formula is C18H18N4O6. The molecule has 0 aliphatic rings. The van der Waals surface area contributed by atoms with Crippen molar-refractivity contribution in [2.45, 2.75) is 19.4 Å². The van der Waals surface area contributed by atoms with E-state index in [2.05, 4.69) is 20.3 Å². The number of non-ortho nitro benzene ring substituents is 1. The summed E-state index contributed by atoms with van der Waals surface area (Å²) in [6.45, 7) is 1.29. The van der Waals surface area contributed by atoms with Crippen molar-refractivity contribution in [2.24, 2.45) is 10.2 Å². The Hall–Kier alpha value is -3.82. The van der Waals surface area contributed by atoms with Crippen LogP contribution in [0.1, 0.15) is 12.5 Å². The Bertz CT molecular complexity index is 911. The van der Waals surface area contributed by atoms with E-state index in [1.54, 1.807) is 6.07 Å². The zero-order chi connectivity index (χ0) is 20.7. The van der Waals surface area contributed by atoms with Crippen LogP contribution in [0.5, 0.6) is 5.75 Å². The molecule has 0 heterocycles. The van der Waals surface area contributed by atoms with Crippen LogP contribution >= 0.6 is 0 Å². The van der Waals surface area contributed by atoms with Gasteiger partial charge in [-0.05, 0) is 29.8 Å². The van der Waals surface area contributed by atoms with Crippen LogP contribution in [0.4, 0.5) is 17.1 Å². The molecule has 10 heteroatoms. The van der Waals surface area contributed by atoms with Gasteiger partial charge in [0, 0.05) is 25.5 Å². The number of azo groups is 1. The van der Waals surface area contributed by atoms with Crippen molar-refractivity contribution < 1.29 is 24.4 Å². The summed E-state index contributed by atoms with van der Waals surface area (Å²) in [5.74, 6) is -1.12. The van der Waals surface area contributed by atoms with Gasteiger partial charge in [-0.15, -0.1) is 5.11 Å². The van der Waals surface area contributed by atoms with Crippen molar-refractivity contribution in [3.8, 4) is 5.75 Å². The molecule has 146 valence electrons. The zero-order valence-corrected chi connectivity index (χ0v) is 15.2. The number of ether oxygens (including phenoxy) is 1. The molecule has 0 radical (unpaired) electrons. The largest absolute Gasteiger partial charge is 0.506 e. The lowest BCUT2D eigenvalue weighted by molar-refractivity contribution is -0.384. The number of rotatable bonds is 7. The number of aromatic hydroxyl groups is 1. The molecule has 0 spiro atoms. The van der Waals surface area contributed by atoms with Crippen LogP contribution in [-0.4, -0.2) is 35.1 Å². The highest BCUT2D eigenvalue weighted by atomic mass is 16.6. The summed E-state index contributed by atoms with van der Waals surface area (Å²) in [6, 6.07) is 9.03. The van der Waals surface area contributed by atoms with E-state index in [1.165, 1.54) is 50.4 Å². The summed E-state index contributed by atoms with van der Waals surface area (Å²) in [4.78, 5) is 33.2. The van der Waals surface area contributed by atoms with Crippen molar-refractivity contribution in [1.82, 2.24) is 5.32 Å². The molecule has 2 N–H and O–H groups in total. The number of nitrogens with one attached hydrogen (secondary N) is 1. The van der Waals surface area contributed by atoms with E-state index in [0.29, 0.717) is 11.3 Å². The summed E-state index contributed by atoms with van der Waals surface area (Å²) in [5.41, 5.74) is 1.04. The van der Waals surface area contributed by atoms with E-state index in [9.17, 15) is 24.8 Å². The van der Waals surface area contributed by atoms with E-state index < -0.39 is 16.9 Å². The van der Waals surface area contributed by atoms with Gasteiger partial charge in [-0.2, -0.15) is 5.11 Å². The third-order valence-electron chi connectivity index (χ3n) is 3.68. The lowest BCUT2D eigenvalue weighted by Crippen LogP contribution is -2.41. The van der Waals surface area contributed by atoms with Gasteiger partial charge < -0.3 is 15.2 Å². The molecular weight excluding hydrogens is 368 g/mol. The molecule has 2 aromatic carbocycles. The minimum Gasteiger partial charge on any atom is -0.506 e. The number of hydrogen-bond donors (Lipinski definition) is 2. The minimum atomic E-state index is -0.883. The molecule has 0 bridgehead atoms. The SMILES string of the molecule is COC(=O)[C@H](Cc1ccc(O)c(N=Nc2ccc([N+](=O)[O-])cc2)c1)NC(C)=O. The second kappa shape index (κ2) is 9.21. The molecule has 0 fully saturated rings. The predicted octanol–water partition coefficient (Wildman–Crippen LogP) is 2.94. The lowest BCUT2D eigenvalue weighted by atomic mass is 10.0. The smallest absolute Gasteiger partial charge is 0.328 e. The predicted molar refractivity (Wildman–Crippen MR) is 98.7 cm³/mol. The zero-order valence-electron chi connectivity index (χ0n) is 15.2. The molecule has 2 rings (SSSR count). The first kappa shape index (κ1) is 20.5. The number of nitro benzene ring substituents is 1. The Balaban J connectivity index is 2.20. The molecule has 28 heavy (non-hydrogen) atoms. The first-order chi connectivity index (χ1) is 13.3. The van der Waals surface area contributed by atoms with E-state index in [-0.39, 0.29) is 29.5 Å². The van der Waals surface area contributed by atoms with Gasteiger partial charge in [-0.25, -0.2) is 4.79 Å². The maximum atomic E-state index is 11.8. The number of carbonyl (C=O) groups excluding carboxylic acids is 2. The number of benzene rings is 2. The molecule has 2 aromatic rings. The van der Waals surface area contributed by atoms with Crippen molar-refractivity contribution in [1.29, 1.82) is 0 Å². The Morgan fingerprint density at radius 3 is 2.46 bits per heavy atom. The fraction of sp³-hybridized carbons (Fsp3) is 0.222. The molecule has 1 amide bonds. The number of amides is 1. The summed E-state index contributed by atoms with van der Waals surface area (Å²) in [5, 5.41) is 31.0. The van der Waals surface area contributed by atoms with Gasteiger partial charge in [-0.1, -0.05) is 6.07 Å². The number of esters is 1. The Kier molecular flexibility index (Phi) is 6.74. The maximum absolute atomic E-state index is 11.8. The number of phenols is 1. The number of carbonyl (C=O) groups is 2. The fourth-order valence-corrected chi connectivity index (χ4v) is 2.35. The quantitative estimate of drug-likeness (QED) is 0.324. The average molecular weight is 386 g/mol. The van der Waals surface area contributed by atoms with Crippen LogP contribution in [0.25, 0.3) is 0 Å². The number of nitrogens with zero attached hydrogens (tertiary/aromatic N) is 3. The van der Waals surface area contributed by atoms with Crippen LogP contribution in [0, 0.1) is 10.1 Å². The fourth-order valence-electron chi connectivity index (χ4n) is 2.35. The van der Waals surface area contributed by atoms with Crippen LogP contribution in [0.15, 0.2) is 52.7 Å². The first-order valence-corrected chi connectivity index (χ1v) is 8.13. The van der Waals surface area contributed by atoms with Crippen molar-refractivity contribution in [3.05, 3.63) is 58.1 Å². The highest BCUT2D eigenvalue weighted by molar-refractivity contribution is 5.83. The molecule has 0 saturated carbocycles. The van der Waals surface area contributed by atoms with Crippen molar-refractivity contribution in [2.75, 3.05) is 7.11 Å². The standard InChI is InChI=1S/C18H18N4O6/c1-11(23)19-16(18(25)28-2)10-12-3-8-17(24)15(9-12)21-20-13-4-6-14(7-5-13)22(26)27/h3-9,16,24H,10H2,1-2H3,(H,19,23)/t16-/m0/s1. The third-order valence-corrected chi connectivity index (χ3v) is 3.68. The molecule has 0 aliphatic carbocycles. The average Bonchev–Trinajstić information content (AvgIpc) is 2.67. The summed E-state index contributed by atoms with van der Waals surface area (Å²) in [7, 11) is 1.22. The molecule has 0 aromatic heterocycles. The summed E-state index contributed by atoms with van der Waals surface area (Å²) < 4.78 is 4.68. The van der Waals surface area contributed by atoms with Crippen LogP contribution in [0.3, 0.4) is 0 Å². The minimum absolute atomic E-state index is 0.0735. The number of nitro groups is 1. The first-order valence-electron chi connectivity index (χ1n) is 8.13. The van der Waals surface area contributed by atoms with Crippen LogP contribution in [-0.2, 0) is 20.7 Å². The topological polar surface area (TPSA) is 143 Å². The highest BCUT2D eigenvalue weighted by Gasteiger charge is 2.21. The van der Waals surface area contributed by atoms with Crippen LogP contribution in [0.2, 0.25) is 0 Å². The molecule has 10 nitrogen and oxygen atoms in total. The van der Waals surface area contributed by atoms with Gasteiger partial charge in [0.1, 0.15) is 17.5 Å². The Morgan fingerprint density at radius 2 is 1.89 bits per heavy atom. The van der Waals surface area contributed by atoms with E-state index >= 15 is 0 Å². The van der Waals surface area contributed by atoms with Crippen LogP contribution < -0.4 is 5.32 Å². The third kappa shape index (κ3) is 5.59. The van der Waals surface area contributed by atoms with Gasteiger partial charge in [0.05, 0.1) is 17.7 Å². The van der Waals surface area contributed by atoms with Gasteiger partial charge in [0.2, 0.25) is 5.91 Å². The normalized spacial score (nSPS) is 11.8. The van der Waals surface area contributed by atoms with E-state index in [0.717, 1.165) is 0 Å².